The monoisotopic (exact) mass is 156 g/mol. The Morgan fingerprint density at radius 3 is 1.33 bits per heavy atom. The third-order valence-corrected chi connectivity index (χ3v) is 6.02. The minimum absolute atomic E-state index is 0.471. The molecule has 0 nitrogen and oxygen atoms in total. The number of rotatable bonds is 0. The van der Waals surface area contributed by atoms with Crippen LogP contribution in [0, 0.1) is 0 Å². The smallest absolute Gasteiger partial charge is 0.0792 e. The normalized spacial score (nSPS) is 45.0. The molecule has 1 rings (SSSR count). The van der Waals surface area contributed by atoms with Crippen LogP contribution in [0.4, 0.5) is 0 Å². The van der Waals surface area contributed by atoms with Crippen molar-refractivity contribution in [2.24, 2.45) is 0 Å². The lowest BCUT2D eigenvalue weighted by Crippen LogP contribution is -2.13. The van der Waals surface area contributed by atoms with Crippen molar-refractivity contribution in [2.75, 3.05) is 0 Å². The third kappa shape index (κ3) is 0.967. The summed E-state index contributed by atoms with van der Waals surface area (Å²) < 4.78 is 0.941. The molecule has 1 aliphatic rings. The van der Waals surface area contributed by atoms with E-state index in [2.05, 4.69) is 25.3 Å². The molecular weight excluding hydrogens is 152 g/mol. The van der Waals surface area contributed by atoms with Crippen LogP contribution >= 0.6 is 46.8 Å². The molecule has 0 radical (unpaired) electrons. The van der Waals surface area contributed by atoms with Crippen LogP contribution in [-0.2, 0) is 0 Å². The third-order valence-electron chi connectivity index (χ3n) is 0.497. The molecule has 1 heterocycles. The van der Waals surface area contributed by atoms with Gasteiger partial charge in [0.1, 0.15) is 0 Å². The minimum Gasteiger partial charge on any atom is -0.162 e. The van der Waals surface area contributed by atoms with E-state index in [4.69, 9.17) is 0 Å². The van der Waals surface area contributed by atoms with Gasteiger partial charge in [0.15, 0.2) is 0 Å². The van der Waals surface area contributed by atoms with Crippen LogP contribution in [0.15, 0.2) is 0 Å². The number of hydrogen-bond donors (Lipinski definition) is 2. The molecule has 36 valence electrons. The summed E-state index contributed by atoms with van der Waals surface area (Å²) in [5.41, 5.74) is 0. The summed E-state index contributed by atoms with van der Waals surface area (Å²) in [4.78, 5) is 0. The molecule has 0 aromatic carbocycles. The Hall–Kier alpha value is 1.40. The van der Waals surface area contributed by atoms with E-state index in [0.717, 1.165) is 0 Å². The standard InChI is InChI=1S/C2H4S4/c3-1-2(4)6-5-1/h1-4H. The molecule has 0 saturated carbocycles. The molecule has 6 heavy (non-hydrogen) atoms. The fraction of sp³-hybridized carbons (Fsp3) is 1.00. The zero-order valence-corrected chi connectivity index (χ0v) is 6.29. The van der Waals surface area contributed by atoms with Gasteiger partial charge in [-0.3, -0.25) is 0 Å². The van der Waals surface area contributed by atoms with Gasteiger partial charge in [-0.2, -0.15) is 25.3 Å². The Morgan fingerprint density at radius 2 is 1.33 bits per heavy atom. The molecule has 2 unspecified atom stereocenters. The highest BCUT2D eigenvalue weighted by Crippen LogP contribution is 2.51. The minimum atomic E-state index is 0.471. The summed E-state index contributed by atoms with van der Waals surface area (Å²) in [6, 6.07) is 0. The van der Waals surface area contributed by atoms with Crippen LogP contribution in [0.5, 0.6) is 0 Å². The van der Waals surface area contributed by atoms with Crippen molar-refractivity contribution in [2.45, 2.75) is 9.16 Å². The lowest BCUT2D eigenvalue weighted by Gasteiger charge is -2.25. The summed E-state index contributed by atoms with van der Waals surface area (Å²) in [5.74, 6) is 0. The van der Waals surface area contributed by atoms with Gasteiger partial charge < -0.3 is 0 Å². The maximum atomic E-state index is 4.15. The molecule has 1 saturated heterocycles. The first-order valence-corrected chi connectivity index (χ1v) is 4.80. The molecule has 1 fully saturated rings. The Morgan fingerprint density at radius 1 is 1.00 bits per heavy atom. The van der Waals surface area contributed by atoms with Gasteiger partial charge in [-0.25, -0.2) is 0 Å². The zero-order chi connectivity index (χ0) is 4.57. The van der Waals surface area contributed by atoms with Crippen molar-refractivity contribution in [3.63, 3.8) is 0 Å². The quantitative estimate of drug-likeness (QED) is 0.406. The van der Waals surface area contributed by atoms with Gasteiger partial charge in [0.25, 0.3) is 0 Å². The van der Waals surface area contributed by atoms with E-state index in [1.54, 1.807) is 21.6 Å². The molecule has 0 amide bonds. The van der Waals surface area contributed by atoms with Crippen LogP contribution in [0.1, 0.15) is 0 Å². The van der Waals surface area contributed by atoms with E-state index in [-0.39, 0.29) is 0 Å². The van der Waals surface area contributed by atoms with Gasteiger partial charge in [-0.1, -0.05) is 21.6 Å². The fourth-order valence-electron chi connectivity index (χ4n) is 0.155. The predicted molar refractivity (Wildman–Crippen MR) is 40.7 cm³/mol. The van der Waals surface area contributed by atoms with Gasteiger partial charge in [0, 0.05) is 0 Å². The van der Waals surface area contributed by atoms with Crippen molar-refractivity contribution >= 4 is 46.8 Å². The molecule has 0 bridgehead atoms. The molecule has 4 heteroatoms. The zero-order valence-electron chi connectivity index (χ0n) is 2.87. The second kappa shape index (κ2) is 2.11. The lowest BCUT2D eigenvalue weighted by atomic mass is 10.9. The molecule has 1 aliphatic heterocycles. The largest absolute Gasteiger partial charge is 0.162 e. The first kappa shape index (κ1) is 5.54. The summed E-state index contributed by atoms with van der Waals surface area (Å²) in [6.07, 6.45) is 0. The lowest BCUT2D eigenvalue weighted by molar-refractivity contribution is 1.38. The highest BCUT2D eigenvalue weighted by Gasteiger charge is 2.25. The first-order chi connectivity index (χ1) is 2.80. The van der Waals surface area contributed by atoms with Crippen LogP contribution in [-0.4, -0.2) is 9.16 Å². The van der Waals surface area contributed by atoms with E-state index >= 15 is 0 Å². The molecule has 0 N–H and O–H groups in total. The van der Waals surface area contributed by atoms with Crippen LogP contribution in [0.3, 0.4) is 0 Å². The van der Waals surface area contributed by atoms with Gasteiger partial charge in [0.05, 0.1) is 9.16 Å². The first-order valence-electron chi connectivity index (χ1n) is 1.49. The van der Waals surface area contributed by atoms with E-state index < -0.39 is 0 Å². The number of thiol groups is 2. The van der Waals surface area contributed by atoms with E-state index in [9.17, 15) is 0 Å². The van der Waals surface area contributed by atoms with Crippen molar-refractivity contribution in [1.82, 2.24) is 0 Å². The molecular formula is C2H4S4. The maximum absolute atomic E-state index is 4.15. The van der Waals surface area contributed by atoms with Crippen molar-refractivity contribution in [1.29, 1.82) is 0 Å². The Balaban J connectivity index is 2.20. The average molecular weight is 156 g/mol. The molecule has 0 spiro atoms. The SMILES string of the molecule is SC1SSC1S. The summed E-state index contributed by atoms with van der Waals surface area (Å²) in [7, 11) is 3.55. The summed E-state index contributed by atoms with van der Waals surface area (Å²) >= 11 is 8.29. The van der Waals surface area contributed by atoms with Gasteiger partial charge >= 0.3 is 0 Å². The van der Waals surface area contributed by atoms with Crippen LogP contribution in [0.2, 0.25) is 0 Å². The summed E-state index contributed by atoms with van der Waals surface area (Å²) in [6.45, 7) is 0. The molecule has 0 aliphatic carbocycles. The molecule has 2 atom stereocenters. The van der Waals surface area contributed by atoms with Gasteiger partial charge in [0.2, 0.25) is 0 Å². The van der Waals surface area contributed by atoms with E-state index in [1.807, 2.05) is 0 Å². The fourth-order valence-corrected chi connectivity index (χ4v) is 3.18. The van der Waals surface area contributed by atoms with Crippen molar-refractivity contribution in [3.8, 4) is 0 Å². The van der Waals surface area contributed by atoms with E-state index in [0.29, 0.717) is 9.16 Å². The second-order valence-corrected chi connectivity index (χ2v) is 5.34. The second-order valence-electron chi connectivity index (χ2n) is 0.974. The summed E-state index contributed by atoms with van der Waals surface area (Å²) in [5, 5.41) is 0. The Bertz CT molecular complexity index is 45.5. The highest BCUT2D eigenvalue weighted by atomic mass is 33.1. The maximum Gasteiger partial charge on any atom is 0.0792 e. The average Bonchev–Trinajstić information content (AvgIpc) is 1.61. The van der Waals surface area contributed by atoms with Crippen molar-refractivity contribution in [3.05, 3.63) is 0 Å². The number of hydrogen-bond acceptors (Lipinski definition) is 4. The Kier molecular flexibility index (Phi) is 1.95. The van der Waals surface area contributed by atoms with Crippen molar-refractivity contribution < 1.29 is 0 Å². The molecule has 0 aromatic rings. The highest BCUT2D eigenvalue weighted by molar-refractivity contribution is 8.83. The Labute approximate surface area is 56.1 Å². The van der Waals surface area contributed by atoms with Crippen LogP contribution < -0.4 is 0 Å². The van der Waals surface area contributed by atoms with Gasteiger partial charge in [-0.15, -0.1) is 0 Å². The topological polar surface area (TPSA) is 0 Å². The van der Waals surface area contributed by atoms with Gasteiger partial charge in [-0.05, 0) is 0 Å². The predicted octanol–water partition coefficient (Wildman–Crippen LogP) is 1.89. The van der Waals surface area contributed by atoms with E-state index in [1.165, 1.54) is 0 Å². The van der Waals surface area contributed by atoms with Crippen LogP contribution in [0.25, 0.3) is 0 Å². The molecule has 0 aromatic heterocycles.